The van der Waals surface area contributed by atoms with Gasteiger partial charge in [0.05, 0.1) is 23.0 Å². The van der Waals surface area contributed by atoms with Gasteiger partial charge in [-0.3, -0.25) is 4.68 Å². The van der Waals surface area contributed by atoms with Gasteiger partial charge >= 0.3 is 0 Å². The highest BCUT2D eigenvalue weighted by atomic mass is 35.5. The highest BCUT2D eigenvalue weighted by molar-refractivity contribution is 6.31. The van der Waals surface area contributed by atoms with Crippen LogP contribution in [0.25, 0.3) is 0 Å². The van der Waals surface area contributed by atoms with E-state index in [2.05, 4.69) is 42.8 Å². The van der Waals surface area contributed by atoms with Crippen LogP contribution in [-0.2, 0) is 6.54 Å². The predicted molar refractivity (Wildman–Crippen MR) is 85.1 cm³/mol. The molecule has 0 bridgehead atoms. The van der Waals surface area contributed by atoms with Crippen molar-refractivity contribution in [3.63, 3.8) is 0 Å². The average molecular weight is 298 g/mol. The Hall–Kier alpha value is -0.540. The molecule has 1 fully saturated rings. The Labute approximate surface area is 128 Å². The molecule has 2 rings (SSSR count). The maximum atomic E-state index is 6.45. The zero-order valence-electron chi connectivity index (χ0n) is 13.2. The molecule has 0 radical (unpaired) electrons. The third-order valence-corrected chi connectivity index (χ3v) is 5.08. The molecule has 1 N–H and O–H groups in total. The van der Waals surface area contributed by atoms with Gasteiger partial charge in [0.25, 0.3) is 0 Å². The van der Waals surface area contributed by atoms with Crippen LogP contribution in [0, 0.1) is 11.3 Å². The first-order valence-corrected chi connectivity index (χ1v) is 8.33. The fraction of sp³-hybridized carbons (Fsp3) is 0.812. The average Bonchev–Trinajstić information content (AvgIpc) is 2.94. The first-order valence-electron chi connectivity index (χ1n) is 7.95. The van der Waals surface area contributed by atoms with Gasteiger partial charge in [0.1, 0.15) is 0 Å². The van der Waals surface area contributed by atoms with E-state index in [0.717, 1.165) is 24.5 Å². The summed E-state index contributed by atoms with van der Waals surface area (Å²) in [7, 11) is 0. The van der Waals surface area contributed by atoms with E-state index in [-0.39, 0.29) is 0 Å². The molecule has 0 amide bonds. The minimum absolute atomic E-state index is 0.322. The highest BCUT2D eigenvalue weighted by Gasteiger charge is 2.41. The molecular weight excluding hydrogens is 270 g/mol. The van der Waals surface area contributed by atoms with E-state index < -0.39 is 0 Å². The van der Waals surface area contributed by atoms with Crippen LogP contribution in [-0.4, -0.2) is 16.3 Å². The smallest absolute Gasteiger partial charge is 0.0834 e. The van der Waals surface area contributed by atoms with Crippen LogP contribution in [0.4, 0.5) is 0 Å². The number of rotatable bonds is 6. The summed E-state index contributed by atoms with van der Waals surface area (Å²) >= 11 is 6.45. The molecule has 0 aliphatic heterocycles. The van der Waals surface area contributed by atoms with Gasteiger partial charge < -0.3 is 5.32 Å². The monoisotopic (exact) mass is 297 g/mol. The molecule has 3 nitrogen and oxygen atoms in total. The van der Waals surface area contributed by atoms with Crippen LogP contribution in [0.2, 0.25) is 5.02 Å². The Bertz CT molecular complexity index is 439. The predicted octanol–water partition coefficient (Wildman–Crippen LogP) is 4.42. The Balaban J connectivity index is 2.34. The Morgan fingerprint density at radius 1 is 1.50 bits per heavy atom. The molecule has 0 spiro atoms. The van der Waals surface area contributed by atoms with Crippen LogP contribution in [0.5, 0.6) is 0 Å². The van der Waals surface area contributed by atoms with Gasteiger partial charge in [-0.15, -0.1) is 0 Å². The molecule has 1 saturated carbocycles. The molecule has 114 valence electrons. The lowest BCUT2D eigenvalue weighted by atomic mass is 9.76. The molecule has 2 atom stereocenters. The SMILES string of the molecule is CCCNC(c1c(Cl)cnn1CC)C1CCCC1(C)C. The summed E-state index contributed by atoms with van der Waals surface area (Å²) in [6, 6.07) is 0.322. The molecule has 1 aromatic rings. The second-order valence-corrected chi connectivity index (χ2v) is 7.02. The zero-order chi connectivity index (χ0) is 14.8. The molecule has 20 heavy (non-hydrogen) atoms. The van der Waals surface area contributed by atoms with Crippen molar-refractivity contribution in [1.82, 2.24) is 15.1 Å². The molecule has 0 saturated heterocycles. The number of aromatic nitrogens is 2. The molecule has 1 aliphatic carbocycles. The highest BCUT2D eigenvalue weighted by Crippen LogP contribution is 2.49. The van der Waals surface area contributed by atoms with Crippen molar-refractivity contribution in [2.75, 3.05) is 6.54 Å². The summed E-state index contributed by atoms with van der Waals surface area (Å²) < 4.78 is 2.06. The van der Waals surface area contributed by atoms with E-state index in [9.17, 15) is 0 Å². The lowest BCUT2D eigenvalue weighted by molar-refractivity contribution is 0.191. The largest absolute Gasteiger partial charge is 0.308 e. The summed E-state index contributed by atoms with van der Waals surface area (Å²) in [4.78, 5) is 0. The third kappa shape index (κ3) is 3.04. The number of nitrogens with one attached hydrogen (secondary N) is 1. The maximum absolute atomic E-state index is 6.45. The normalized spacial score (nSPS) is 23.1. The Kier molecular flexibility index (Phi) is 5.14. The standard InChI is InChI=1S/C16H28ClN3/c1-5-10-18-14(12-8-7-9-16(12,3)4)15-13(17)11-19-20(15)6-2/h11-12,14,18H,5-10H2,1-4H3. The van der Waals surface area contributed by atoms with Gasteiger partial charge in [0.15, 0.2) is 0 Å². The van der Waals surface area contributed by atoms with E-state index in [0.29, 0.717) is 17.4 Å². The molecule has 1 aromatic heterocycles. The first kappa shape index (κ1) is 15.8. The van der Waals surface area contributed by atoms with E-state index in [1.165, 1.54) is 25.0 Å². The van der Waals surface area contributed by atoms with Gasteiger partial charge in [0, 0.05) is 6.54 Å². The van der Waals surface area contributed by atoms with Crippen molar-refractivity contribution in [3.05, 3.63) is 16.9 Å². The molecule has 0 aromatic carbocycles. The summed E-state index contributed by atoms with van der Waals surface area (Å²) in [5.41, 5.74) is 1.56. The summed E-state index contributed by atoms with van der Waals surface area (Å²) in [6.07, 6.45) is 6.84. The van der Waals surface area contributed by atoms with E-state index in [1.807, 2.05) is 0 Å². The maximum Gasteiger partial charge on any atom is 0.0834 e. The topological polar surface area (TPSA) is 29.9 Å². The van der Waals surface area contributed by atoms with Crippen molar-refractivity contribution in [2.45, 2.75) is 66.0 Å². The minimum Gasteiger partial charge on any atom is -0.308 e. The summed E-state index contributed by atoms with van der Waals surface area (Å²) in [5.74, 6) is 0.633. The van der Waals surface area contributed by atoms with Crippen LogP contribution in [0.1, 0.15) is 65.1 Å². The van der Waals surface area contributed by atoms with Crippen LogP contribution < -0.4 is 5.32 Å². The number of halogens is 1. The van der Waals surface area contributed by atoms with Gasteiger partial charge in [-0.1, -0.05) is 38.8 Å². The lowest BCUT2D eigenvalue weighted by Gasteiger charge is -2.35. The number of nitrogens with zero attached hydrogens (tertiary/aromatic N) is 2. The Morgan fingerprint density at radius 3 is 2.80 bits per heavy atom. The molecule has 4 heteroatoms. The summed E-state index contributed by atoms with van der Waals surface area (Å²) in [6.45, 7) is 11.0. The number of hydrogen-bond donors (Lipinski definition) is 1. The third-order valence-electron chi connectivity index (χ3n) is 4.78. The van der Waals surface area contributed by atoms with Gasteiger partial charge in [-0.25, -0.2) is 0 Å². The quantitative estimate of drug-likeness (QED) is 0.842. The number of aryl methyl sites for hydroxylation is 1. The fourth-order valence-corrected chi connectivity index (χ4v) is 3.89. The van der Waals surface area contributed by atoms with E-state index in [4.69, 9.17) is 11.6 Å². The van der Waals surface area contributed by atoms with Crippen molar-refractivity contribution >= 4 is 11.6 Å². The second kappa shape index (κ2) is 6.48. The van der Waals surface area contributed by atoms with Gasteiger partial charge in [-0.2, -0.15) is 5.10 Å². The van der Waals surface area contributed by atoms with Crippen LogP contribution >= 0.6 is 11.6 Å². The molecule has 2 unspecified atom stereocenters. The van der Waals surface area contributed by atoms with E-state index in [1.54, 1.807) is 6.20 Å². The lowest BCUT2D eigenvalue weighted by Crippen LogP contribution is -2.36. The second-order valence-electron chi connectivity index (χ2n) is 6.61. The van der Waals surface area contributed by atoms with Crippen LogP contribution in [0.3, 0.4) is 0 Å². The van der Waals surface area contributed by atoms with Gasteiger partial charge in [-0.05, 0) is 44.1 Å². The van der Waals surface area contributed by atoms with Crippen molar-refractivity contribution in [3.8, 4) is 0 Å². The van der Waals surface area contributed by atoms with Crippen molar-refractivity contribution < 1.29 is 0 Å². The zero-order valence-corrected chi connectivity index (χ0v) is 14.0. The molecule has 1 aliphatic rings. The fourth-order valence-electron chi connectivity index (χ4n) is 3.63. The van der Waals surface area contributed by atoms with E-state index >= 15 is 0 Å². The Morgan fingerprint density at radius 2 is 2.25 bits per heavy atom. The first-order chi connectivity index (χ1) is 9.51. The number of hydrogen-bond acceptors (Lipinski definition) is 2. The molecular formula is C16H28ClN3. The van der Waals surface area contributed by atoms with Crippen molar-refractivity contribution in [2.24, 2.45) is 11.3 Å². The van der Waals surface area contributed by atoms with Crippen LogP contribution in [0.15, 0.2) is 6.20 Å². The molecule has 1 heterocycles. The van der Waals surface area contributed by atoms with Gasteiger partial charge in [0.2, 0.25) is 0 Å². The summed E-state index contributed by atoms with van der Waals surface area (Å²) in [5, 5.41) is 8.98. The van der Waals surface area contributed by atoms with Crippen molar-refractivity contribution in [1.29, 1.82) is 0 Å². The minimum atomic E-state index is 0.322.